The topological polar surface area (TPSA) is 55.9 Å². The highest BCUT2D eigenvalue weighted by molar-refractivity contribution is 6.31. The van der Waals surface area contributed by atoms with Crippen LogP contribution in [0.15, 0.2) is 6.20 Å². The Labute approximate surface area is 109 Å². The molecule has 1 unspecified atom stereocenters. The molecule has 0 radical (unpaired) electrons. The molecule has 0 saturated heterocycles. The lowest BCUT2D eigenvalue weighted by molar-refractivity contribution is 0.209. The largest absolute Gasteiger partial charge is 0.382 e. The van der Waals surface area contributed by atoms with Crippen molar-refractivity contribution in [2.24, 2.45) is 14.1 Å². The van der Waals surface area contributed by atoms with Gasteiger partial charge in [-0.3, -0.25) is 9.36 Å². The van der Waals surface area contributed by atoms with Crippen LogP contribution >= 0.6 is 23.2 Å². The Morgan fingerprint density at radius 3 is 2.35 bits per heavy atom. The molecule has 92 valence electrons. The van der Waals surface area contributed by atoms with Crippen molar-refractivity contribution in [2.75, 3.05) is 0 Å². The van der Waals surface area contributed by atoms with Gasteiger partial charge in [-0.05, 0) is 6.92 Å². The van der Waals surface area contributed by atoms with Gasteiger partial charge in [-0.1, -0.05) is 23.2 Å². The number of aliphatic hydroxyl groups excluding tert-OH is 1. The third kappa shape index (κ3) is 1.94. The predicted octanol–water partition coefficient (Wildman–Crippen LogP) is 1.85. The Morgan fingerprint density at radius 1 is 1.29 bits per heavy atom. The van der Waals surface area contributed by atoms with E-state index >= 15 is 0 Å². The van der Waals surface area contributed by atoms with Gasteiger partial charge < -0.3 is 5.11 Å². The van der Waals surface area contributed by atoms with Gasteiger partial charge >= 0.3 is 0 Å². The van der Waals surface area contributed by atoms with Gasteiger partial charge in [-0.15, -0.1) is 0 Å². The molecule has 0 aliphatic heterocycles. The molecule has 2 aromatic heterocycles. The summed E-state index contributed by atoms with van der Waals surface area (Å²) in [5.41, 5.74) is 1.73. The summed E-state index contributed by atoms with van der Waals surface area (Å²) >= 11 is 12.1. The first-order valence-corrected chi connectivity index (χ1v) is 5.73. The zero-order valence-electron chi connectivity index (χ0n) is 9.65. The molecule has 0 aromatic carbocycles. The summed E-state index contributed by atoms with van der Waals surface area (Å²) in [5, 5.41) is 19.3. The smallest absolute Gasteiger partial charge is 0.133 e. The maximum atomic E-state index is 10.3. The van der Waals surface area contributed by atoms with Gasteiger partial charge in [0.05, 0.1) is 22.6 Å². The lowest BCUT2D eigenvalue weighted by Crippen LogP contribution is -2.08. The van der Waals surface area contributed by atoms with E-state index in [-0.39, 0.29) is 0 Å². The van der Waals surface area contributed by atoms with Crippen molar-refractivity contribution in [3.05, 3.63) is 33.3 Å². The third-order valence-corrected chi connectivity index (χ3v) is 3.41. The number of nitrogens with zero attached hydrogens (tertiary/aromatic N) is 4. The van der Waals surface area contributed by atoms with Crippen LogP contribution in [-0.2, 0) is 14.1 Å². The van der Waals surface area contributed by atoms with Crippen molar-refractivity contribution in [1.29, 1.82) is 0 Å². The number of aliphatic hydroxyl groups is 1. The molecule has 1 atom stereocenters. The lowest BCUT2D eigenvalue weighted by atomic mass is 10.1. The van der Waals surface area contributed by atoms with E-state index in [1.807, 2.05) is 0 Å². The SMILES string of the molecule is Cc1nn(C)c(Cl)c1C(O)c1c(Cl)cnn1C. The molecule has 0 amide bonds. The van der Waals surface area contributed by atoms with E-state index in [4.69, 9.17) is 23.2 Å². The summed E-state index contributed by atoms with van der Waals surface area (Å²) in [6.45, 7) is 1.79. The molecular formula is C10H12Cl2N4O. The molecule has 2 heterocycles. The fourth-order valence-electron chi connectivity index (χ4n) is 1.82. The van der Waals surface area contributed by atoms with E-state index in [2.05, 4.69) is 10.2 Å². The van der Waals surface area contributed by atoms with Crippen LogP contribution in [0.25, 0.3) is 0 Å². The zero-order chi connectivity index (χ0) is 12.7. The van der Waals surface area contributed by atoms with Crippen molar-refractivity contribution in [3.63, 3.8) is 0 Å². The second-order valence-electron chi connectivity index (χ2n) is 3.82. The van der Waals surface area contributed by atoms with Crippen LogP contribution in [0.3, 0.4) is 0 Å². The quantitative estimate of drug-likeness (QED) is 0.910. The number of hydrogen-bond acceptors (Lipinski definition) is 3. The number of aryl methyl sites for hydroxylation is 3. The van der Waals surface area contributed by atoms with Gasteiger partial charge in [-0.25, -0.2) is 0 Å². The summed E-state index contributed by atoms with van der Waals surface area (Å²) < 4.78 is 3.04. The molecule has 0 aliphatic rings. The minimum Gasteiger partial charge on any atom is -0.382 e. The first kappa shape index (κ1) is 12.4. The van der Waals surface area contributed by atoms with Crippen LogP contribution < -0.4 is 0 Å². The van der Waals surface area contributed by atoms with Gasteiger partial charge in [0.1, 0.15) is 11.3 Å². The standard InChI is InChI=1S/C10H12Cl2N4O/c1-5-7(10(12)16(3)14-5)9(17)8-6(11)4-13-15(8)2/h4,9,17H,1-3H3. The molecular weight excluding hydrogens is 263 g/mol. The minimum atomic E-state index is -0.934. The van der Waals surface area contributed by atoms with Gasteiger partial charge in [-0.2, -0.15) is 10.2 Å². The molecule has 0 aliphatic carbocycles. The van der Waals surface area contributed by atoms with Crippen LogP contribution in [0.2, 0.25) is 10.2 Å². The third-order valence-electron chi connectivity index (χ3n) is 2.67. The second kappa shape index (κ2) is 4.33. The normalized spacial score (nSPS) is 13.1. The van der Waals surface area contributed by atoms with E-state index in [9.17, 15) is 5.11 Å². The fraction of sp³-hybridized carbons (Fsp3) is 0.400. The highest BCUT2D eigenvalue weighted by Gasteiger charge is 2.25. The van der Waals surface area contributed by atoms with Gasteiger partial charge in [0.2, 0.25) is 0 Å². The Kier molecular flexibility index (Phi) is 3.16. The highest BCUT2D eigenvalue weighted by atomic mass is 35.5. The molecule has 5 nitrogen and oxygen atoms in total. The second-order valence-corrected chi connectivity index (χ2v) is 4.58. The Hall–Kier alpha value is -1.04. The fourth-order valence-corrected chi connectivity index (χ4v) is 2.37. The highest BCUT2D eigenvalue weighted by Crippen LogP contribution is 2.33. The minimum absolute atomic E-state index is 0.396. The summed E-state index contributed by atoms with van der Waals surface area (Å²) in [6.07, 6.45) is 0.552. The summed E-state index contributed by atoms with van der Waals surface area (Å²) in [4.78, 5) is 0. The first-order chi connectivity index (χ1) is 7.93. The Bertz CT molecular complexity index is 541. The molecule has 0 bridgehead atoms. The van der Waals surface area contributed by atoms with Crippen LogP contribution in [0.4, 0.5) is 0 Å². The Morgan fingerprint density at radius 2 is 1.94 bits per heavy atom. The average Bonchev–Trinajstić information content (AvgIpc) is 2.69. The van der Waals surface area contributed by atoms with Crippen molar-refractivity contribution < 1.29 is 5.11 Å². The molecule has 0 fully saturated rings. The van der Waals surface area contributed by atoms with Crippen molar-refractivity contribution in [2.45, 2.75) is 13.0 Å². The zero-order valence-corrected chi connectivity index (χ0v) is 11.2. The van der Waals surface area contributed by atoms with Crippen molar-refractivity contribution in [1.82, 2.24) is 19.6 Å². The van der Waals surface area contributed by atoms with E-state index in [0.29, 0.717) is 27.1 Å². The van der Waals surface area contributed by atoms with Crippen molar-refractivity contribution in [3.8, 4) is 0 Å². The molecule has 0 spiro atoms. The number of hydrogen-bond donors (Lipinski definition) is 1. The molecule has 1 N–H and O–H groups in total. The van der Waals surface area contributed by atoms with Gasteiger partial charge in [0.25, 0.3) is 0 Å². The predicted molar refractivity (Wildman–Crippen MR) is 65.2 cm³/mol. The molecule has 2 rings (SSSR count). The van der Waals surface area contributed by atoms with E-state index < -0.39 is 6.10 Å². The van der Waals surface area contributed by atoms with Gasteiger partial charge in [0.15, 0.2) is 0 Å². The van der Waals surface area contributed by atoms with E-state index in [1.165, 1.54) is 15.6 Å². The number of rotatable bonds is 2. The van der Waals surface area contributed by atoms with Crippen molar-refractivity contribution >= 4 is 23.2 Å². The van der Waals surface area contributed by atoms with Gasteiger partial charge in [0, 0.05) is 19.7 Å². The Balaban J connectivity index is 2.54. The monoisotopic (exact) mass is 274 g/mol. The number of halogens is 2. The first-order valence-electron chi connectivity index (χ1n) is 4.98. The maximum absolute atomic E-state index is 10.3. The molecule has 17 heavy (non-hydrogen) atoms. The van der Waals surface area contributed by atoms with Crippen LogP contribution in [0.1, 0.15) is 23.1 Å². The van der Waals surface area contributed by atoms with Crippen LogP contribution in [0.5, 0.6) is 0 Å². The lowest BCUT2D eigenvalue weighted by Gasteiger charge is -2.11. The summed E-state index contributed by atoms with van der Waals surface area (Å²) in [6, 6.07) is 0. The van der Waals surface area contributed by atoms with Crippen LogP contribution in [0, 0.1) is 6.92 Å². The molecule has 2 aromatic rings. The number of aromatic nitrogens is 4. The summed E-state index contributed by atoms with van der Waals surface area (Å²) in [7, 11) is 3.43. The van der Waals surface area contributed by atoms with E-state index in [1.54, 1.807) is 21.0 Å². The van der Waals surface area contributed by atoms with E-state index in [0.717, 1.165) is 0 Å². The maximum Gasteiger partial charge on any atom is 0.133 e. The van der Waals surface area contributed by atoms with Crippen LogP contribution in [-0.4, -0.2) is 24.7 Å². The summed E-state index contributed by atoms with van der Waals surface area (Å²) in [5.74, 6) is 0. The molecule has 0 saturated carbocycles. The molecule has 7 heteroatoms. The average molecular weight is 275 g/mol.